The van der Waals surface area contributed by atoms with Gasteiger partial charge in [-0.3, -0.25) is 4.79 Å². The zero-order valence-corrected chi connectivity index (χ0v) is 13.9. The molecule has 3 aromatic rings. The zero-order chi connectivity index (χ0) is 18.5. The molecule has 26 heavy (non-hydrogen) atoms. The van der Waals surface area contributed by atoms with E-state index in [-0.39, 0.29) is 6.54 Å². The van der Waals surface area contributed by atoms with Crippen LogP contribution in [0.1, 0.15) is 0 Å². The minimum atomic E-state index is -0.933. The maximum Gasteiger partial charge on any atom is 0.330 e. The average molecular weight is 379 g/mol. The molecule has 2 aromatic heterocycles. The Hall–Kier alpha value is -3.21. The maximum absolute atomic E-state index is 13.4. The Balaban J connectivity index is 1.50. The summed E-state index contributed by atoms with van der Waals surface area (Å²) in [4.78, 5) is 25.2. The number of carbonyl (C=O) groups excluding carboxylic acids is 2. The van der Waals surface area contributed by atoms with Crippen molar-refractivity contribution in [2.75, 3.05) is 11.9 Å². The molecule has 8 nitrogen and oxygen atoms in total. The first-order valence-corrected chi connectivity index (χ1v) is 8.12. The highest BCUT2D eigenvalue weighted by molar-refractivity contribution is 7.13. The summed E-state index contributed by atoms with van der Waals surface area (Å²) >= 11 is 1.42. The van der Waals surface area contributed by atoms with Gasteiger partial charge in [0.05, 0.1) is 4.88 Å². The summed E-state index contributed by atoms with van der Waals surface area (Å²) in [5.41, 5.74) is -0.605. The number of tetrazole rings is 1. The third-order valence-corrected chi connectivity index (χ3v) is 3.92. The van der Waals surface area contributed by atoms with Gasteiger partial charge in [-0.2, -0.15) is 4.80 Å². The summed E-state index contributed by atoms with van der Waals surface area (Å²) in [5, 5.41) is 15.4. The molecule has 11 heteroatoms. The normalized spacial score (nSPS) is 10.5. The Morgan fingerprint density at radius 3 is 2.65 bits per heavy atom. The second-order valence-electron chi connectivity index (χ2n) is 4.93. The molecular formula is C15H11F2N5O3S. The highest BCUT2D eigenvalue weighted by Crippen LogP contribution is 2.19. The topological polar surface area (TPSA) is 99.0 Å². The van der Waals surface area contributed by atoms with Crippen LogP contribution in [0, 0.1) is 11.6 Å². The van der Waals surface area contributed by atoms with Crippen LogP contribution in [0.25, 0.3) is 10.7 Å². The van der Waals surface area contributed by atoms with Crippen molar-refractivity contribution in [3.8, 4) is 10.7 Å². The van der Waals surface area contributed by atoms with Gasteiger partial charge in [-0.25, -0.2) is 13.6 Å². The van der Waals surface area contributed by atoms with E-state index in [0.29, 0.717) is 5.82 Å². The van der Waals surface area contributed by atoms with Crippen molar-refractivity contribution >= 4 is 28.9 Å². The minimum absolute atomic E-state index is 0.361. The largest absolute Gasteiger partial charge is 0.454 e. The lowest BCUT2D eigenvalue weighted by molar-refractivity contribution is -0.148. The summed E-state index contributed by atoms with van der Waals surface area (Å²) in [6.07, 6.45) is 0. The summed E-state index contributed by atoms with van der Waals surface area (Å²) < 4.78 is 31.6. The summed E-state index contributed by atoms with van der Waals surface area (Å²) in [5.74, 6) is -3.19. The second kappa shape index (κ2) is 7.78. The van der Waals surface area contributed by atoms with E-state index in [1.54, 1.807) is 6.07 Å². The van der Waals surface area contributed by atoms with Crippen molar-refractivity contribution in [1.29, 1.82) is 0 Å². The number of nitrogens with one attached hydrogen (secondary N) is 1. The molecule has 0 saturated heterocycles. The van der Waals surface area contributed by atoms with Crippen molar-refractivity contribution in [2.45, 2.75) is 6.54 Å². The van der Waals surface area contributed by atoms with Crippen molar-refractivity contribution in [1.82, 2.24) is 20.2 Å². The van der Waals surface area contributed by atoms with Gasteiger partial charge in [0, 0.05) is 0 Å². The molecule has 0 saturated carbocycles. The van der Waals surface area contributed by atoms with Crippen LogP contribution in [0.15, 0.2) is 35.7 Å². The van der Waals surface area contributed by atoms with Gasteiger partial charge in [0.1, 0.15) is 17.3 Å². The van der Waals surface area contributed by atoms with Crippen LogP contribution >= 0.6 is 11.3 Å². The van der Waals surface area contributed by atoms with Gasteiger partial charge < -0.3 is 10.1 Å². The molecule has 0 unspecified atom stereocenters. The molecule has 1 amide bonds. The van der Waals surface area contributed by atoms with Gasteiger partial charge in [-0.05, 0) is 28.8 Å². The van der Waals surface area contributed by atoms with Crippen LogP contribution in [-0.4, -0.2) is 38.7 Å². The number of carbonyl (C=O) groups is 2. The number of rotatable bonds is 6. The Morgan fingerprint density at radius 2 is 1.96 bits per heavy atom. The molecule has 0 aliphatic carbocycles. The third-order valence-electron chi connectivity index (χ3n) is 3.06. The van der Waals surface area contributed by atoms with E-state index < -0.39 is 35.8 Å². The van der Waals surface area contributed by atoms with Crippen LogP contribution in [0.4, 0.5) is 14.5 Å². The van der Waals surface area contributed by atoms with Gasteiger partial charge in [-0.15, -0.1) is 21.5 Å². The SMILES string of the molecule is O=C(COC(=O)Cn1nnc(-c2cccs2)n1)Nc1c(F)cccc1F. The molecule has 0 spiro atoms. The van der Waals surface area contributed by atoms with Gasteiger partial charge in [0.2, 0.25) is 5.82 Å². The summed E-state index contributed by atoms with van der Waals surface area (Å²) in [7, 11) is 0. The Bertz CT molecular complexity index is 909. The van der Waals surface area contributed by atoms with Crippen LogP contribution < -0.4 is 5.32 Å². The smallest absolute Gasteiger partial charge is 0.330 e. The first kappa shape index (κ1) is 17.6. The van der Waals surface area contributed by atoms with Crippen molar-refractivity contribution in [3.63, 3.8) is 0 Å². The summed E-state index contributed by atoms with van der Waals surface area (Å²) in [6, 6.07) is 6.77. The van der Waals surface area contributed by atoms with E-state index in [1.807, 2.05) is 16.8 Å². The summed E-state index contributed by atoms with van der Waals surface area (Å²) in [6.45, 7) is -1.07. The van der Waals surface area contributed by atoms with Crippen LogP contribution in [0.3, 0.4) is 0 Å². The molecule has 0 radical (unpaired) electrons. The number of thiophene rings is 1. The predicted molar refractivity (Wildman–Crippen MR) is 87.1 cm³/mol. The lowest BCUT2D eigenvalue weighted by Crippen LogP contribution is -2.24. The molecule has 0 aliphatic heterocycles. The van der Waals surface area contributed by atoms with E-state index in [9.17, 15) is 18.4 Å². The van der Waals surface area contributed by atoms with Gasteiger partial charge >= 0.3 is 5.97 Å². The molecule has 134 valence electrons. The molecular weight excluding hydrogens is 368 g/mol. The quantitative estimate of drug-likeness (QED) is 0.657. The Kier molecular flexibility index (Phi) is 5.27. The van der Waals surface area contributed by atoms with E-state index in [2.05, 4.69) is 15.4 Å². The second-order valence-corrected chi connectivity index (χ2v) is 5.87. The third kappa shape index (κ3) is 4.25. The molecule has 0 bridgehead atoms. The van der Waals surface area contributed by atoms with Crippen LogP contribution in [0.5, 0.6) is 0 Å². The fraction of sp³-hybridized carbons (Fsp3) is 0.133. The number of benzene rings is 1. The van der Waals surface area contributed by atoms with Crippen LogP contribution in [0.2, 0.25) is 0 Å². The highest BCUT2D eigenvalue weighted by Gasteiger charge is 2.15. The van der Waals surface area contributed by atoms with E-state index in [1.165, 1.54) is 11.3 Å². The fourth-order valence-corrected chi connectivity index (χ4v) is 2.56. The van der Waals surface area contributed by atoms with E-state index in [0.717, 1.165) is 27.9 Å². The van der Waals surface area contributed by atoms with Crippen LogP contribution in [-0.2, 0) is 20.9 Å². The van der Waals surface area contributed by atoms with Crippen molar-refractivity contribution < 1.29 is 23.1 Å². The first-order chi connectivity index (χ1) is 12.5. The predicted octanol–water partition coefficient (Wildman–Crippen LogP) is 1.86. The fourth-order valence-electron chi connectivity index (χ4n) is 1.91. The molecule has 3 rings (SSSR count). The standard InChI is InChI=1S/C15H11F2N5O3S/c16-9-3-1-4-10(17)14(9)18-12(23)8-25-13(24)7-22-20-15(19-21-22)11-5-2-6-26-11/h1-6H,7-8H2,(H,18,23). The first-order valence-electron chi connectivity index (χ1n) is 7.24. The minimum Gasteiger partial charge on any atom is -0.454 e. The van der Waals surface area contributed by atoms with Gasteiger partial charge in [-0.1, -0.05) is 12.1 Å². The number of esters is 1. The number of amides is 1. The number of halogens is 2. The number of ether oxygens (including phenoxy) is 1. The van der Waals surface area contributed by atoms with E-state index in [4.69, 9.17) is 4.74 Å². The van der Waals surface area contributed by atoms with Gasteiger partial charge in [0.25, 0.3) is 5.91 Å². The van der Waals surface area contributed by atoms with Gasteiger partial charge in [0.15, 0.2) is 13.2 Å². The monoisotopic (exact) mass is 379 g/mol. The van der Waals surface area contributed by atoms with Crippen molar-refractivity contribution in [2.24, 2.45) is 0 Å². The maximum atomic E-state index is 13.4. The van der Waals surface area contributed by atoms with Crippen molar-refractivity contribution in [3.05, 3.63) is 47.3 Å². The lowest BCUT2D eigenvalue weighted by atomic mass is 10.3. The highest BCUT2D eigenvalue weighted by atomic mass is 32.1. The molecule has 0 fully saturated rings. The Labute approximate surface area is 149 Å². The lowest BCUT2D eigenvalue weighted by Gasteiger charge is -2.08. The van der Waals surface area contributed by atoms with E-state index >= 15 is 0 Å². The number of hydrogen-bond donors (Lipinski definition) is 1. The number of para-hydroxylation sites is 1. The molecule has 2 heterocycles. The number of nitrogens with zero attached hydrogens (tertiary/aromatic N) is 4. The zero-order valence-electron chi connectivity index (χ0n) is 13.1. The molecule has 0 atom stereocenters. The molecule has 1 aromatic carbocycles. The number of aromatic nitrogens is 4. The molecule has 0 aliphatic rings. The number of anilines is 1. The average Bonchev–Trinajstić information content (AvgIpc) is 3.28. The molecule has 1 N–H and O–H groups in total. The number of hydrogen-bond acceptors (Lipinski definition) is 7. The Morgan fingerprint density at radius 1 is 1.19 bits per heavy atom.